The van der Waals surface area contributed by atoms with Gasteiger partial charge in [-0.25, -0.2) is 0 Å². The number of aryl methyl sites for hydroxylation is 1. The van der Waals surface area contributed by atoms with Crippen LogP contribution in [0.5, 0.6) is 0 Å². The summed E-state index contributed by atoms with van der Waals surface area (Å²) >= 11 is 0. The average Bonchev–Trinajstić information content (AvgIpc) is 0.736. The van der Waals surface area contributed by atoms with Crippen molar-refractivity contribution < 1.29 is 0 Å². The van der Waals surface area contributed by atoms with Crippen LogP contribution in [0, 0.1) is 6.92 Å². The molecule has 0 atom stereocenters. The lowest BCUT2D eigenvalue weighted by Crippen LogP contribution is -1.82. The lowest BCUT2D eigenvalue weighted by atomic mass is 9.95. The van der Waals surface area contributed by atoms with Crippen molar-refractivity contribution >= 4 is 183 Å². The molecule has 0 amide bonds. The first-order chi connectivity index (χ1) is 63.9. The zero-order valence-corrected chi connectivity index (χ0v) is 78.1. The minimum atomic E-state index is 1.31. The van der Waals surface area contributed by atoms with E-state index in [1.54, 1.807) is 0 Å². The van der Waals surface area contributed by atoms with Gasteiger partial charge in [0.2, 0.25) is 0 Å². The van der Waals surface area contributed by atoms with Crippen molar-refractivity contribution in [1.82, 2.24) is 0 Å². The van der Waals surface area contributed by atoms with E-state index >= 15 is 0 Å². The second-order valence-electron chi connectivity index (χ2n) is 29.5. The Kier molecular flexibility index (Phi) is 36.6. The Morgan fingerprint density at radius 2 is 0.256 bits per heavy atom. The van der Waals surface area contributed by atoms with Crippen molar-refractivity contribution in [3.8, 4) is 0 Å². The van der Waals surface area contributed by atoms with Crippen LogP contribution in [0.25, 0.3) is 183 Å². The summed E-state index contributed by atoms with van der Waals surface area (Å²) in [4.78, 5) is 0. The van der Waals surface area contributed by atoms with Gasteiger partial charge in [0.1, 0.15) is 0 Å². The van der Waals surface area contributed by atoms with Crippen LogP contribution < -0.4 is 0 Å². The molecule has 0 nitrogen and oxygen atoms in total. The molecule has 0 spiro atoms. The Hall–Kier alpha value is -14.8. The van der Waals surface area contributed by atoms with E-state index in [1.807, 2.05) is 115 Å². The van der Waals surface area contributed by atoms with Gasteiger partial charge in [0.05, 0.1) is 0 Å². The molecule has 0 aliphatic heterocycles. The third-order valence-electron chi connectivity index (χ3n) is 22.1. The van der Waals surface area contributed by atoms with Crippen LogP contribution in [0.1, 0.15) is 102 Å². The van der Waals surface area contributed by atoms with E-state index in [4.69, 9.17) is 0 Å². The van der Waals surface area contributed by atoms with Crippen LogP contribution in [0.2, 0.25) is 0 Å². The molecule has 25 rings (SSSR count). The van der Waals surface area contributed by atoms with Crippen molar-refractivity contribution in [3.05, 3.63) is 485 Å². The first kappa shape index (κ1) is 94.8. The van der Waals surface area contributed by atoms with Crippen LogP contribution in [-0.2, 0) is 0 Å². The van der Waals surface area contributed by atoms with E-state index < -0.39 is 0 Å². The molecule has 25 aromatic rings. The van der Waals surface area contributed by atoms with Crippen LogP contribution in [-0.4, -0.2) is 0 Å². The van der Waals surface area contributed by atoms with Gasteiger partial charge in [-0.15, -0.1) is 0 Å². The molecule has 0 N–H and O–H groups in total. The number of hydrogen-bond donors (Lipinski definition) is 0. The minimum absolute atomic E-state index is 1.31. The molecule has 0 radical (unpaired) electrons. The van der Waals surface area contributed by atoms with Gasteiger partial charge in [0, 0.05) is 0 Å². The van der Waals surface area contributed by atoms with Gasteiger partial charge in [0.15, 0.2) is 0 Å². The highest BCUT2D eigenvalue weighted by atomic mass is 14.1. The second kappa shape index (κ2) is 49.8. The summed E-state index contributed by atoms with van der Waals surface area (Å²) in [5.41, 5.74) is 1.32. The van der Waals surface area contributed by atoms with Crippen molar-refractivity contribution in [3.63, 3.8) is 0 Å². The summed E-state index contributed by atoms with van der Waals surface area (Å²) in [5, 5.41) is 45.0. The molecule has 0 fully saturated rings. The predicted octanol–water partition coefficient (Wildman–Crippen LogP) is 40.0. The van der Waals surface area contributed by atoms with E-state index in [1.165, 1.54) is 189 Å². The third kappa shape index (κ3) is 23.7. The maximum Gasteiger partial charge on any atom is -0.00268 e. The standard InChI is InChI=1S/3C18H12.C16H10.2C14H10.C10H8.C7H8.7C2H6/c1-3-7-15-13(5-1)9-11-18-16-8-4-2-6-14(16)10-12-17(15)18;1-2-7-15-12-18-16(11-14(15)6-1)10-9-13-5-3-4-8-17(13)18;1-2-6-14-10-18-12-16-8-4-3-7-15(16)11-17(18)9-13(14)5-1;1-3-11-7-9-13-5-2-6-14-10-8-12(4-1)15(11)16(13)14;1-3-7-13-11(5-1)9-10-12-6-2-4-8-14(12)13;1-2-6-12-10-14-8-4-3-7-13(14)9-11(12)5-1;1-2-6-10-8-4-3-7-9(10)5-1;1-7-5-3-2-4-6-7;7*1-2/h3*1-12H;1-10H;2*1-10H;1-8H;2-6H,1H3;7*1-2H3. The topological polar surface area (TPSA) is 0 Å². The Bertz CT molecular complexity index is 7050. The van der Waals surface area contributed by atoms with Crippen LogP contribution in [0.4, 0.5) is 0 Å². The van der Waals surface area contributed by atoms with Gasteiger partial charge >= 0.3 is 0 Å². The molecule has 0 bridgehead atoms. The molecule has 0 heteroatoms. The molecule has 0 saturated heterocycles. The second-order valence-corrected chi connectivity index (χ2v) is 29.5. The molecule has 0 aliphatic carbocycles. The van der Waals surface area contributed by atoms with Gasteiger partial charge < -0.3 is 0 Å². The molecular weight excluding hydrogens is 1550 g/mol. The fraction of sp³-hybridized carbons (Fsp3) is 0.116. The zero-order chi connectivity index (χ0) is 91.1. The maximum absolute atomic E-state index is 2.30. The number of fused-ring (bicyclic) bond motifs is 18. The highest BCUT2D eigenvalue weighted by molar-refractivity contribution is 6.23. The number of rotatable bonds is 0. The van der Waals surface area contributed by atoms with E-state index in [-0.39, 0.29) is 0 Å². The van der Waals surface area contributed by atoms with E-state index in [0.717, 1.165) is 0 Å². The highest BCUT2D eigenvalue weighted by Crippen LogP contribution is 2.37. The maximum atomic E-state index is 2.30. The lowest BCUT2D eigenvalue weighted by molar-refractivity contribution is 1.48. The van der Waals surface area contributed by atoms with E-state index in [0.29, 0.717) is 0 Å². The van der Waals surface area contributed by atoms with Crippen LogP contribution in [0.3, 0.4) is 0 Å². The number of benzene rings is 25. The summed E-state index contributed by atoms with van der Waals surface area (Å²) in [6.45, 7) is 30.1. The van der Waals surface area contributed by atoms with Gasteiger partial charge in [-0.2, -0.15) is 0 Å². The summed E-state index contributed by atoms with van der Waals surface area (Å²) in [5.74, 6) is 0. The normalized spacial score (nSPS) is 10.1. The smallest absolute Gasteiger partial charge is 0.00268 e. The minimum Gasteiger partial charge on any atom is -0.0683 e. The van der Waals surface area contributed by atoms with Crippen LogP contribution >= 0.6 is 0 Å². The molecule has 0 aromatic heterocycles. The largest absolute Gasteiger partial charge is 0.0683 e. The summed E-state index contributed by atoms with van der Waals surface area (Å²) < 4.78 is 0. The Morgan fingerprint density at radius 1 is 0.0930 bits per heavy atom. The van der Waals surface area contributed by atoms with Crippen molar-refractivity contribution in [2.75, 3.05) is 0 Å². The first-order valence-electron chi connectivity index (χ1n) is 46.7. The molecule has 129 heavy (non-hydrogen) atoms. The number of hydrogen-bond acceptors (Lipinski definition) is 0. The quantitative estimate of drug-likeness (QED) is 0.105. The van der Waals surface area contributed by atoms with Gasteiger partial charge in [-0.3, -0.25) is 0 Å². The molecule has 0 unspecified atom stereocenters. The SMILES string of the molecule is CC.CC.CC.CC.CC.CC.CC.Cc1ccccc1.c1cc2ccc3cccc4ccc(c1)c2c34.c1ccc2c(c1)ccc1c3ccccc3ccc21.c1ccc2c(c1)ccc1ccccc12.c1ccc2cc3c(ccc4ccccc43)cc2c1.c1ccc2cc3cc4ccccc4cc3cc2c1.c1ccc2cc3ccccc3cc2c1.c1ccc2ccccc2c1. The molecule has 0 saturated carbocycles. The molecule has 640 valence electrons. The highest BCUT2D eigenvalue weighted by Gasteiger charge is 2.09. The Labute approximate surface area is 766 Å². The van der Waals surface area contributed by atoms with Crippen molar-refractivity contribution in [1.29, 1.82) is 0 Å². The van der Waals surface area contributed by atoms with E-state index in [9.17, 15) is 0 Å². The zero-order valence-electron chi connectivity index (χ0n) is 78.1. The third-order valence-corrected chi connectivity index (χ3v) is 22.1. The fourth-order valence-corrected chi connectivity index (χ4v) is 16.3. The summed E-state index contributed by atoms with van der Waals surface area (Å²) in [6.07, 6.45) is 0. The van der Waals surface area contributed by atoms with Gasteiger partial charge in [-0.05, 0) is 239 Å². The Morgan fingerprint density at radius 3 is 0.504 bits per heavy atom. The van der Waals surface area contributed by atoms with E-state index in [2.05, 4.69) is 468 Å². The average molecular weight is 1670 g/mol. The monoisotopic (exact) mass is 1670 g/mol. The molecular formula is C129H124. The predicted molar refractivity (Wildman–Crippen MR) is 584 cm³/mol. The van der Waals surface area contributed by atoms with Gasteiger partial charge in [-0.1, -0.05) is 533 Å². The Balaban J connectivity index is 0.000000141. The van der Waals surface area contributed by atoms with Crippen LogP contribution in [0.15, 0.2) is 479 Å². The summed E-state index contributed by atoms with van der Waals surface area (Å²) in [6, 6.07) is 170. The molecule has 0 aliphatic rings. The summed E-state index contributed by atoms with van der Waals surface area (Å²) in [7, 11) is 0. The molecule has 25 aromatic carbocycles. The molecule has 0 heterocycles. The first-order valence-corrected chi connectivity index (χ1v) is 46.7. The lowest BCUT2D eigenvalue weighted by Gasteiger charge is -2.09. The van der Waals surface area contributed by atoms with Crippen molar-refractivity contribution in [2.45, 2.75) is 104 Å². The van der Waals surface area contributed by atoms with Gasteiger partial charge in [0.25, 0.3) is 0 Å². The van der Waals surface area contributed by atoms with Crippen molar-refractivity contribution in [2.24, 2.45) is 0 Å². The fourth-order valence-electron chi connectivity index (χ4n) is 16.3.